The Bertz CT molecular complexity index is 392. The number of carbonyl (C=O) groups excluding carboxylic acids is 1. The van der Waals surface area contributed by atoms with Crippen LogP contribution in [-0.2, 0) is 11.2 Å². The Labute approximate surface area is 96.9 Å². The van der Waals surface area contributed by atoms with E-state index in [0.717, 1.165) is 18.4 Å². The molecule has 0 saturated heterocycles. The average Bonchev–Trinajstić information content (AvgIpc) is 2.39. The first-order chi connectivity index (χ1) is 7.83. The van der Waals surface area contributed by atoms with Crippen molar-refractivity contribution < 1.29 is 9.53 Å². The molecule has 0 atom stereocenters. The maximum Gasteiger partial charge on any atom is 0.338 e. The van der Waals surface area contributed by atoms with Gasteiger partial charge in [-0.05, 0) is 30.0 Å². The number of hydrogen-bond donors (Lipinski definition) is 0. The first-order valence-corrected chi connectivity index (χ1v) is 5.69. The molecule has 86 valence electrons. The van der Waals surface area contributed by atoms with E-state index in [1.165, 1.54) is 12.7 Å². The third-order valence-corrected chi connectivity index (χ3v) is 2.47. The lowest BCUT2D eigenvalue weighted by atomic mass is 9.93. The van der Waals surface area contributed by atoms with Gasteiger partial charge in [0, 0.05) is 0 Å². The minimum atomic E-state index is -0.256. The average molecular weight is 218 g/mol. The Morgan fingerprint density at radius 3 is 2.75 bits per heavy atom. The lowest BCUT2D eigenvalue weighted by molar-refractivity contribution is 0.0600. The summed E-state index contributed by atoms with van der Waals surface area (Å²) >= 11 is 0. The predicted molar refractivity (Wildman–Crippen MR) is 66.5 cm³/mol. The van der Waals surface area contributed by atoms with Gasteiger partial charge in [-0.3, -0.25) is 0 Å². The van der Waals surface area contributed by atoms with E-state index < -0.39 is 0 Å². The minimum absolute atomic E-state index is 0.256. The minimum Gasteiger partial charge on any atom is -0.465 e. The summed E-state index contributed by atoms with van der Waals surface area (Å²) < 4.78 is 4.73. The zero-order valence-corrected chi connectivity index (χ0v) is 10.1. The highest BCUT2D eigenvalue weighted by Gasteiger charge is 2.14. The summed E-state index contributed by atoms with van der Waals surface area (Å²) in [4.78, 5) is 11.4. The van der Waals surface area contributed by atoms with Crippen LogP contribution in [0.5, 0.6) is 0 Å². The van der Waals surface area contributed by atoms with Gasteiger partial charge >= 0.3 is 5.97 Å². The topological polar surface area (TPSA) is 26.3 Å². The second-order valence-electron chi connectivity index (χ2n) is 3.31. The molecule has 0 N–H and O–H groups in total. The van der Waals surface area contributed by atoms with Gasteiger partial charge in [-0.25, -0.2) is 4.79 Å². The SMILES string of the molecule is CC.COC(=O)c1cccc2c1C=CCC2. The summed E-state index contributed by atoms with van der Waals surface area (Å²) in [5, 5.41) is 0. The van der Waals surface area contributed by atoms with E-state index in [1.807, 2.05) is 26.0 Å². The second kappa shape index (κ2) is 6.11. The zero-order chi connectivity index (χ0) is 12.0. The van der Waals surface area contributed by atoms with Crippen LogP contribution in [0.15, 0.2) is 24.3 Å². The first-order valence-electron chi connectivity index (χ1n) is 5.69. The van der Waals surface area contributed by atoms with E-state index >= 15 is 0 Å². The number of hydrogen-bond acceptors (Lipinski definition) is 2. The van der Waals surface area contributed by atoms with Crippen molar-refractivity contribution in [1.29, 1.82) is 0 Å². The quantitative estimate of drug-likeness (QED) is 0.675. The van der Waals surface area contributed by atoms with Gasteiger partial charge in [-0.15, -0.1) is 0 Å². The Balaban J connectivity index is 0.000000606. The molecule has 2 nitrogen and oxygen atoms in total. The number of allylic oxidation sites excluding steroid dienone is 1. The Hall–Kier alpha value is -1.57. The molecule has 1 aliphatic carbocycles. The van der Waals surface area contributed by atoms with Gasteiger partial charge in [0.2, 0.25) is 0 Å². The van der Waals surface area contributed by atoms with Crippen molar-refractivity contribution in [1.82, 2.24) is 0 Å². The molecule has 0 unspecified atom stereocenters. The van der Waals surface area contributed by atoms with E-state index in [2.05, 4.69) is 12.1 Å². The molecule has 0 aliphatic heterocycles. The Kier molecular flexibility index (Phi) is 4.77. The van der Waals surface area contributed by atoms with E-state index in [1.54, 1.807) is 6.07 Å². The van der Waals surface area contributed by atoms with Crippen LogP contribution in [-0.4, -0.2) is 13.1 Å². The maximum absolute atomic E-state index is 11.4. The van der Waals surface area contributed by atoms with Crippen LogP contribution >= 0.6 is 0 Å². The summed E-state index contributed by atoms with van der Waals surface area (Å²) in [5.41, 5.74) is 2.92. The summed E-state index contributed by atoms with van der Waals surface area (Å²) in [6.45, 7) is 4.00. The van der Waals surface area contributed by atoms with Crippen molar-refractivity contribution in [3.63, 3.8) is 0 Å². The molecule has 0 heterocycles. The molecule has 0 saturated carbocycles. The molecule has 2 heteroatoms. The Morgan fingerprint density at radius 1 is 1.31 bits per heavy atom. The summed E-state index contributed by atoms with van der Waals surface area (Å²) in [6, 6.07) is 5.77. The number of fused-ring (bicyclic) bond motifs is 1. The standard InChI is InChI=1S/C12H12O2.C2H6/c1-14-12(13)11-8-4-6-9-5-2-3-7-10(9)11;1-2/h3-4,6-8H,2,5H2,1H3;1-2H3. The number of aryl methyl sites for hydroxylation is 1. The molecular weight excluding hydrogens is 200 g/mol. The van der Waals surface area contributed by atoms with Crippen LogP contribution in [0.25, 0.3) is 6.08 Å². The number of ether oxygens (including phenoxy) is 1. The Morgan fingerprint density at radius 2 is 2.06 bits per heavy atom. The lowest BCUT2D eigenvalue weighted by Crippen LogP contribution is -2.07. The third-order valence-electron chi connectivity index (χ3n) is 2.47. The highest BCUT2D eigenvalue weighted by molar-refractivity contribution is 5.94. The van der Waals surface area contributed by atoms with Crippen LogP contribution in [0.3, 0.4) is 0 Å². The van der Waals surface area contributed by atoms with Gasteiger partial charge in [-0.2, -0.15) is 0 Å². The normalized spacial score (nSPS) is 12.2. The van der Waals surface area contributed by atoms with E-state index in [-0.39, 0.29) is 5.97 Å². The summed E-state index contributed by atoms with van der Waals surface area (Å²) in [7, 11) is 1.41. The van der Waals surface area contributed by atoms with Gasteiger partial charge in [0.15, 0.2) is 0 Å². The summed E-state index contributed by atoms with van der Waals surface area (Å²) in [6.07, 6.45) is 6.16. The zero-order valence-electron chi connectivity index (χ0n) is 10.1. The van der Waals surface area contributed by atoms with Gasteiger partial charge in [-0.1, -0.05) is 38.1 Å². The van der Waals surface area contributed by atoms with Crippen molar-refractivity contribution in [3.05, 3.63) is 41.0 Å². The number of methoxy groups -OCH3 is 1. The maximum atomic E-state index is 11.4. The molecule has 1 aliphatic rings. The van der Waals surface area contributed by atoms with Gasteiger partial charge in [0.1, 0.15) is 0 Å². The molecule has 16 heavy (non-hydrogen) atoms. The first kappa shape index (κ1) is 12.5. The van der Waals surface area contributed by atoms with Crippen LogP contribution < -0.4 is 0 Å². The number of esters is 1. The molecule has 0 fully saturated rings. The van der Waals surface area contributed by atoms with Crippen molar-refractivity contribution >= 4 is 12.0 Å². The molecule has 0 radical (unpaired) electrons. The second-order valence-corrected chi connectivity index (χ2v) is 3.31. The number of benzene rings is 1. The fourth-order valence-electron chi connectivity index (χ4n) is 1.76. The predicted octanol–water partition coefficient (Wildman–Crippen LogP) is 3.46. The highest BCUT2D eigenvalue weighted by Crippen LogP contribution is 2.23. The van der Waals surface area contributed by atoms with Gasteiger partial charge in [0.25, 0.3) is 0 Å². The molecule has 1 aromatic carbocycles. The number of rotatable bonds is 1. The third kappa shape index (κ3) is 2.51. The van der Waals surface area contributed by atoms with Crippen molar-refractivity contribution in [2.24, 2.45) is 0 Å². The molecule has 0 spiro atoms. The fourth-order valence-corrected chi connectivity index (χ4v) is 1.76. The van der Waals surface area contributed by atoms with Crippen molar-refractivity contribution in [2.75, 3.05) is 7.11 Å². The van der Waals surface area contributed by atoms with Gasteiger partial charge in [0.05, 0.1) is 12.7 Å². The van der Waals surface area contributed by atoms with Crippen LogP contribution in [0.2, 0.25) is 0 Å². The van der Waals surface area contributed by atoms with Crippen LogP contribution in [0.4, 0.5) is 0 Å². The van der Waals surface area contributed by atoms with E-state index in [0.29, 0.717) is 5.56 Å². The van der Waals surface area contributed by atoms with Crippen LogP contribution in [0.1, 0.15) is 41.8 Å². The molecule has 0 bridgehead atoms. The summed E-state index contributed by atoms with van der Waals surface area (Å²) in [5.74, 6) is -0.256. The largest absolute Gasteiger partial charge is 0.465 e. The molecule has 1 aromatic rings. The highest BCUT2D eigenvalue weighted by atomic mass is 16.5. The lowest BCUT2D eigenvalue weighted by Gasteiger charge is -2.13. The molecular formula is C14H18O2. The molecule has 2 rings (SSSR count). The fraction of sp³-hybridized carbons (Fsp3) is 0.357. The van der Waals surface area contributed by atoms with Gasteiger partial charge < -0.3 is 4.74 Å². The monoisotopic (exact) mass is 218 g/mol. The smallest absolute Gasteiger partial charge is 0.338 e. The molecule has 0 amide bonds. The van der Waals surface area contributed by atoms with Crippen molar-refractivity contribution in [3.8, 4) is 0 Å². The van der Waals surface area contributed by atoms with E-state index in [9.17, 15) is 4.79 Å². The molecule has 0 aromatic heterocycles. The van der Waals surface area contributed by atoms with E-state index in [4.69, 9.17) is 4.74 Å². The van der Waals surface area contributed by atoms with Crippen molar-refractivity contribution in [2.45, 2.75) is 26.7 Å². The van der Waals surface area contributed by atoms with Crippen LogP contribution in [0, 0.1) is 0 Å². The number of carbonyl (C=O) groups is 1.